The van der Waals surface area contributed by atoms with E-state index in [1.807, 2.05) is 42.5 Å². The molecule has 5 rings (SSSR count). The van der Waals surface area contributed by atoms with Crippen LogP contribution in [-0.4, -0.2) is 47.0 Å². The number of ether oxygens (including phenoxy) is 1. The minimum atomic E-state index is -1.64. The number of Topliss-reactive ketones (excluding diaryl/α,β-unsaturated/α-hetero) is 1. The van der Waals surface area contributed by atoms with Crippen LogP contribution in [-0.2, 0) is 20.7 Å². The summed E-state index contributed by atoms with van der Waals surface area (Å²) in [6.45, 7) is -0.298. The number of hydrogen-bond acceptors (Lipinski definition) is 7. The maximum Gasteiger partial charge on any atom is 0.325 e. The summed E-state index contributed by atoms with van der Waals surface area (Å²) >= 11 is 0. The van der Waals surface area contributed by atoms with Gasteiger partial charge in [0, 0.05) is 28.8 Å². The van der Waals surface area contributed by atoms with E-state index in [0.29, 0.717) is 39.3 Å². The molecule has 0 fully saturated rings. The number of rotatable bonds is 8. The Bertz CT molecular complexity index is 1670. The number of esters is 1. The number of benzene rings is 3. The summed E-state index contributed by atoms with van der Waals surface area (Å²) in [7, 11) is 1.23. The van der Waals surface area contributed by atoms with Crippen molar-refractivity contribution >= 4 is 29.3 Å². The Morgan fingerprint density at radius 2 is 1.68 bits per heavy atom. The van der Waals surface area contributed by atoms with Gasteiger partial charge in [0.1, 0.15) is 12.2 Å². The summed E-state index contributed by atoms with van der Waals surface area (Å²) in [4.78, 5) is 51.2. The maximum atomic E-state index is 13.7. The summed E-state index contributed by atoms with van der Waals surface area (Å²) in [6, 6.07) is 24.6. The van der Waals surface area contributed by atoms with E-state index in [1.165, 1.54) is 7.11 Å². The fourth-order valence-corrected chi connectivity index (χ4v) is 4.67. The fourth-order valence-electron chi connectivity index (χ4n) is 4.67. The number of hydrogen-bond donors (Lipinski definition) is 2. The van der Waals surface area contributed by atoms with Crippen molar-refractivity contribution < 1.29 is 23.9 Å². The van der Waals surface area contributed by atoms with Gasteiger partial charge in [0.25, 0.3) is 5.91 Å². The van der Waals surface area contributed by atoms with E-state index < -0.39 is 29.5 Å². The molecule has 0 radical (unpaired) electrons. The predicted molar refractivity (Wildman–Crippen MR) is 145 cm³/mol. The third-order valence-electron chi connectivity index (χ3n) is 6.56. The summed E-state index contributed by atoms with van der Waals surface area (Å²) in [5.41, 5.74) is 3.83. The molecule has 1 aliphatic rings. The van der Waals surface area contributed by atoms with Gasteiger partial charge in [-0.2, -0.15) is 10.4 Å². The van der Waals surface area contributed by atoms with E-state index in [-0.39, 0.29) is 18.7 Å². The van der Waals surface area contributed by atoms with Crippen molar-refractivity contribution in [1.82, 2.24) is 15.1 Å². The van der Waals surface area contributed by atoms with Gasteiger partial charge in [-0.25, -0.2) is 4.68 Å². The average molecular weight is 534 g/mol. The third-order valence-corrected chi connectivity index (χ3v) is 6.56. The molecule has 1 atom stereocenters. The summed E-state index contributed by atoms with van der Waals surface area (Å²) in [6.07, 6.45) is 0.166. The molecule has 2 amide bonds. The molecule has 198 valence electrons. The Balaban J connectivity index is 1.55. The van der Waals surface area contributed by atoms with Gasteiger partial charge in [-0.1, -0.05) is 48.5 Å². The lowest BCUT2D eigenvalue weighted by Gasteiger charge is -2.12. The number of methoxy groups -OCH3 is 1. The highest BCUT2D eigenvalue weighted by Crippen LogP contribution is 2.42. The van der Waals surface area contributed by atoms with E-state index in [2.05, 4.69) is 20.5 Å². The molecule has 10 heteroatoms. The smallest absolute Gasteiger partial charge is 0.325 e. The number of nitrogens with one attached hydrogen (secondary N) is 2. The molecular formula is C30H23N5O5. The van der Waals surface area contributed by atoms with Crippen molar-refractivity contribution in [3.05, 3.63) is 101 Å². The number of carbonyl (C=O) groups excluding carboxylic acids is 4. The number of nitriles is 1. The van der Waals surface area contributed by atoms with Gasteiger partial charge in [-0.15, -0.1) is 0 Å². The lowest BCUT2D eigenvalue weighted by Crippen LogP contribution is -2.31. The minimum absolute atomic E-state index is 0.0225. The van der Waals surface area contributed by atoms with Crippen LogP contribution >= 0.6 is 0 Å². The van der Waals surface area contributed by atoms with Crippen LogP contribution in [0.4, 0.5) is 5.69 Å². The quantitative estimate of drug-likeness (QED) is 0.177. The molecule has 3 aromatic carbocycles. The summed E-state index contributed by atoms with van der Waals surface area (Å²) in [5, 5.41) is 19.6. The predicted octanol–water partition coefficient (Wildman–Crippen LogP) is 3.31. The standard InChI is InChI=1S/C30H23N5O5/c1-40-25(36)17-32-29(38)21-14-8-13-20-22(21)15-23-26(34-35(27(20)23)19-11-6-3-7-12-19)28(37)24(16-31)30(39)33-18-9-4-2-5-10-18/h2-14,24H,15,17H2,1H3,(H,32,38)(H,33,39). The molecule has 1 unspecified atom stereocenters. The Hall–Kier alpha value is -5.56. The number of nitrogens with zero attached hydrogens (tertiary/aromatic N) is 3. The highest BCUT2D eigenvalue weighted by atomic mass is 16.5. The number of aromatic nitrogens is 2. The van der Waals surface area contributed by atoms with Crippen LogP contribution < -0.4 is 10.6 Å². The number of para-hydroxylation sites is 2. The first-order valence-electron chi connectivity index (χ1n) is 12.4. The lowest BCUT2D eigenvalue weighted by molar-refractivity contribution is -0.139. The molecule has 1 aromatic heterocycles. The molecule has 0 spiro atoms. The van der Waals surface area contributed by atoms with Crippen LogP contribution in [0, 0.1) is 17.2 Å². The molecule has 0 bridgehead atoms. The molecule has 0 saturated heterocycles. The maximum absolute atomic E-state index is 13.7. The van der Waals surface area contributed by atoms with E-state index in [9.17, 15) is 24.4 Å². The van der Waals surface area contributed by atoms with Crippen molar-refractivity contribution in [2.45, 2.75) is 6.42 Å². The summed E-state index contributed by atoms with van der Waals surface area (Å²) < 4.78 is 6.19. The average Bonchev–Trinajstić information content (AvgIpc) is 3.54. The van der Waals surface area contributed by atoms with Crippen LogP contribution in [0.5, 0.6) is 0 Å². The van der Waals surface area contributed by atoms with Crippen LogP contribution in [0.25, 0.3) is 16.9 Å². The van der Waals surface area contributed by atoms with Gasteiger partial charge >= 0.3 is 5.97 Å². The zero-order valence-electron chi connectivity index (χ0n) is 21.4. The molecule has 10 nitrogen and oxygen atoms in total. The second-order valence-electron chi connectivity index (χ2n) is 8.97. The van der Waals surface area contributed by atoms with Crippen molar-refractivity contribution in [3.63, 3.8) is 0 Å². The number of anilines is 1. The second kappa shape index (κ2) is 11.0. The molecule has 0 saturated carbocycles. The number of amides is 2. The van der Waals surface area contributed by atoms with Crippen molar-refractivity contribution in [1.29, 1.82) is 5.26 Å². The molecule has 1 aliphatic carbocycles. The lowest BCUT2D eigenvalue weighted by atomic mass is 9.97. The van der Waals surface area contributed by atoms with Crippen molar-refractivity contribution in [3.8, 4) is 23.0 Å². The van der Waals surface area contributed by atoms with Gasteiger partial charge in [-0.05, 0) is 35.9 Å². The molecule has 0 aliphatic heterocycles. The van der Waals surface area contributed by atoms with E-state index in [1.54, 1.807) is 47.1 Å². The van der Waals surface area contributed by atoms with Gasteiger partial charge in [-0.3, -0.25) is 19.2 Å². The van der Waals surface area contributed by atoms with E-state index in [4.69, 9.17) is 0 Å². The SMILES string of the molecule is COC(=O)CNC(=O)c1cccc2c1Cc1c(C(=O)C(C#N)C(=O)Nc3ccccc3)nn(-c3ccccc3)c1-2. The zero-order chi connectivity index (χ0) is 28.2. The molecular weight excluding hydrogens is 510 g/mol. The van der Waals surface area contributed by atoms with Crippen LogP contribution in [0.1, 0.15) is 32.0 Å². The van der Waals surface area contributed by atoms with Gasteiger partial charge in [0.05, 0.1) is 24.6 Å². The minimum Gasteiger partial charge on any atom is -0.468 e. The first-order valence-corrected chi connectivity index (χ1v) is 12.4. The molecule has 40 heavy (non-hydrogen) atoms. The van der Waals surface area contributed by atoms with E-state index in [0.717, 1.165) is 0 Å². The van der Waals surface area contributed by atoms with Crippen molar-refractivity contribution in [2.75, 3.05) is 19.0 Å². The Kier molecular flexibility index (Phi) is 7.20. The second-order valence-corrected chi connectivity index (χ2v) is 8.97. The van der Waals surface area contributed by atoms with Crippen molar-refractivity contribution in [2.24, 2.45) is 5.92 Å². The Morgan fingerprint density at radius 3 is 2.35 bits per heavy atom. The monoisotopic (exact) mass is 533 g/mol. The largest absolute Gasteiger partial charge is 0.468 e. The number of ketones is 1. The van der Waals surface area contributed by atoms with E-state index >= 15 is 0 Å². The molecule has 2 N–H and O–H groups in total. The highest BCUT2D eigenvalue weighted by molar-refractivity contribution is 6.16. The third kappa shape index (κ3) is 4.83. The first-order chi connectivity index (χ1) is 19.4. The molecule has 4 aromatic rings. The topological polar surface area (TPSA) is 143 Å². The van der Waals surface area contributed by atoms with Gasteiger partial charge in [0.2, 0.25) is 11.7 Å². The number of carbonyl (C=O) groups is 4. The van der Waals surface area contributed by atoms with Crippen LogP contribution in [0.2, 0.25) is 0 Å². The zero-order valence-corrected chi connectivity index (χ0v) is 21.4. The van der Waals surface area contributed by atoms with Gasteiger partial charge < -0.3 is 15.4 Å². The summed E-state index contributed by atoms with van der Waals surface area (Å²) in [5.74, 6) is -4.22. The first kappa shape index (κ1) is 26.1. The number of fused-ring (bicyclic) bond motifs is 3. The normalized spacial score (nSPS) is 11.9. The van der Waals surface area contributed by atoms with Crippen LogP contribution in [0.15, 0.2) is 78.9 Å². The molecule has 1 heterocycles. The Morgan fingerprint density at radius 1 is 0.975 bits per heavy atom. The highest BCUT2D eigenvalue weighted by Gasteiger charge is 2.37. The van der Waals surface area contributed by atoms with Gasteiger partial charge in [0.15, 0.2) is 5.92 Å². The fraction of sp³-hybridized carbons (Fsp3) is 0.133. The Labute approximate surface area is 229 Å². The van der Waals surface area contributed by atoms with Crippen LogP contribution in [0.3, 0.4) is 0 Å².